The summed E-state index contributed by atoms with van der Waals surface area (Å²) in [5, 5.41) is 3.66. The van der Waals surface area contributed by atoms with E-state index in [0.29, 0.717) is 5.28 Å². The Labute approximate surface area is 163 Å². The van der Waals surface area contributed by atoms with Crippen molar-refractivity contribution in [1.82, 2.24) is 14.9 Å². The lowest BCUT2D eigenvalue weighted by Crippen LogP contribution is -2.46. The number of hydrogen-bond donors (Lipinski definition) is 0. The van der Waals surface area contributed by atoms with Gasteiger partial charge in [-0.25, -0.2) is 4.98 Å². The van der Waals surface area contributed by atoms with Gasteiger partial charge in [0.15, 0.2) is 0 Å². The van der Waals surface area contributed by atoms with Crippen molar-refractivity contribution in [1.29, 1.82) is 0 Å². The molecule has 0 unspecified atom stereocenters. The molecular weight excluding hydrogens is 364 g/mol. The minimum absolute atomic E-state index is 0.333. The Kier molecular flexibility index (Phi) is 4.86. The summed E-state index contributed by atoms with van der Waals surface area (Å²) >= 11 is 7.90. The fourth-order valence-corrected chi connectivity index (χ4v) is 4.86. The first-order valence-electron chi connectivity index (χ1n) is 9.06. The first kappa shape index (κ1) is 17.7. The third kappa shape index (κ3) is 3.20. The van der Waals surface area contributed by atoms with Gasteiger partial charge in [-0.2, -0.15) is 4.98 Å². The largest absolute Gasteiger partial charge is 0.353 e. The number of benzene rings is 1. The van der Waals surface area contributed by atoms with Gasteiger partial charge in [0.05, 0.1) is 5.39 Å². The Morgan fingerprint density at radius 2 is 1.85 bits per heavy atom. The highest BCUT2D eigenvalue weighted by atomic mass is 35.5. The fraction of sp³-hybridized carbons (Fsp3) is 0.400. The summed E-state index contributed by atoms with van der Waals surface area (Å²) in [5.41, 5.74) is 5.02. The van der Waals surface area contributed by atoms with E-state index in [1.807, 2.05) is 0 Å². The van der Waals surface area contributed by atoms with Gasteiger partial charge in [0.25, 0.3) is 0 Å². The third-order valence-corrected chi connectivity index (χ3v) is 6.22. The molecule has 4 nitrogen and oxygen atoms in total. The third-order valence-electron chi connectivity index (χ3n) is 5.18. The maximum atomic E-state index is 6.25. The number of rotatable bonds is 3. The standard InChI is InChI=1S/C20H23ClN4S/c1-4-24-7-9-25(10-8-24)18-17-16(12-26-19(17)23-20(21)22-18)15-6-5-13(2)11-14(15)3/h5-6,11-12H,4,7-10H2,1-3H3. The van der Waals surface area contributed by atoms with Crippen LogP contribution in [0.4, 0.5) is 5.82 Å². The van der Waals surface area contributed by atoms with E-state index in [0.717, 1.165) is 48.8 Å². The maximum Gasteiger partial charge on any atom is 0.225 e. The summed E-state index contributed by atoms with van der Waals surface area (Å²) in [5.74, 6) is 0.979. The zero-order valence-corrected chi connectivity index (χ0v) is 17.0. The number of nitrogens with zero attached hydrogens (tertiary/aromatic N) is 4. The summed E-state index contributed by atoms with van der Waals surface area (Å²) in [7, 11) is 0. The SMILES string of the molecule is CCN1CCN(c2nc(Cl)nc3scc(-c4ccc(C)cc4C)c23)CC1. The van der Waals surface area contributed by atoms with Crippen LogP contribution >= 0.6 is 22.9 Å². The minimum atomic E-state index is 0.333. The molecule has 0 N–H and O–H groups in total. The monoisotopic (exact) mass is 386 g/mol. The molecule has 0 aliphatic carbocycles. The van der Waals surface area contributed by atoms with Crippen LogP contribution in [0.15, 0.2) is 23.6 Å². The van der Waals surface area contributed by atoms with E-state index in [1.54, 1.807) is 11.3 Å². The van der Waals surface area contributed by atoms with Crippen molar-refractivity contribution in [2.75, 3.05) is 37.6 Å². The topological polar surface area (TPSA) is 32.3 Å². The molecule has 0 amide bonds. The second-order valence-corrected chi connectivity index (χ2v) is 8.08. The number of piperazine rings is 1. The van der Waals surface area contributed by atoms with Crippen LogP contribution in [0.5, 0.6) is 0 Å². The molecule has 0 saturated carbocycles. The predicted octanol–water partition coefficient (Wildman–Crippen LogP) is 4.77. The van der Waals surface area contributed by atoms with Crippen LogP contribution in [0.2, 0.25) is 5.28 Å². The molecule has 0 radical (unpaired) electrons. The molecule has 6 heteroatoms. The van der Waals surface area contributed by atoms with Crippen molar-refractivity contribution in [3.8, 4) is 11.1 Å². The van der Waals surface area contributed by atoms with Gasteiger partial charge in [-0.15, -0.1) is 11.3 Å². The molecule has 0 bridgehead atoms. The first-order valence-corrected chi connectivity index (χ1v) is 10.3. The molecule has 3 heterocycles. The number of thiophene rings is 1. The van der Waals surface area contributed by atoms with Crippen molar-refractivity contribution in [2.24, 2.45) is 0 Å². The van der Waals surface area contributed by atoms with Crippen LogP contribution in [-0.2, 0) is 0 Å². The molecule has 0 spiro atoms. The number of halogens is 1. The van der Waals surface area contributed by atoms with Crippen LogP contribution in [-0.4, -0.2) is 47.6 Å². The number of aryl methyl sites for hydroxylation is 2. The number of aromatic nitrogens is 2. The van der Waals surface area contributed by atoms with Crippen molar-refractivity contribution < 1.29 is 0 Å². The predicted molar refractivity (Wildman–Crippen MR) is 112 cm³/mol. The summed E-state index contributed by atoms with van der Waals surface area (Å²) in [6.07, 6.45) is 0. The Hall–Kier alpha value is -1.69. The Balaban J connectivity index is 1.84. The Morgan fingerprint density at radius 3 is 2.54 bits per heavy atom. The smallest absolute Gasteiger partial charge is 0.225 e. The molecular formula is C20H23ClN4S. The van der Waals surface area contributed by atoms with Gasteiger partial charge in [-0.3, -0.25) is 0 Å². The van der Waals surface area contributed by atoms with Crippen molar-refractivity contribution >= 4 is 39.0 Å². The lowest BCUT2D eigenvalue weighted by Gasteiger charge is -2.35. The van der Waals surface area contributed by atoms with E-state index < -0.39 is 0 Å². The quantitative estimate of drug-likeness (QED) is 0.607. The molecule has 1 saturated heterocycles. The van der Waals surface area contributed by atoms with Gasteiger partial charge < -0.3 is 9.80 Å². The van der Waals surface area contributed by atoms with Gasteiger partial charge in [-0.1, -0.05) is 30.7 Å². The summed E-state index contributed by atoms with van der Waals surface area (Å²) in [6.45, 7) is 11.7. The Morgan fingerprint density at radius 1 is 1.08 bits per heavy atom. The molecule has 136 valence electrons. The van der Waals surface area contributed by atoms with Gasteiger partial charge in [-0.05, 0) is 43.1 Å². The zero-order valence-electron chi connectivity index (χ0n) is 15.4. The van der Waals surface area contributed by atoms with Crippen LogP contribution < -0.4 is 4.90 Å². The van der Waals surface area contributed by atoms with E-state index in [1.165, 1.54) is 22.3 Å². The molecule has 0 atom stereocenters. The van der Waals surface area contributed by atoms with Crippen molar-refractivity contribution in [3.63, 3.8) is 0 Å². The Bertz CT molecular complexity index is 944. The van der Waals surface area contributed by atoms with Crippen LogP contribution in [0.25, 0.3) is 21.3 Å². The number of hydrogen-bond acceptors (Lipinski definition) is 5. The van der Waals surface area contributed by atoms with Crippen LogP contribution in [0, 0.1) is 13.8 Å². The average Bonchev–Trinajstić information content (AvgIpc) is 3.04. The summed E-state index contributed by atoms with van der Waals surface area (Å²) in [6, 6.07) is 6.61. The lowest BCUT2D eigenvalue weighted by molar-refractivity contribution is 0.271. The highest BCUT2D eigenvalue weighted by Gasteiger charge is 2.23. The number of fused-ring (bicyclic) bond motifs is 1. The van der Waals surface area contributed by atoms with Crippen molar-refractivity contribution in [3.05, 3.63) is 40.0 Å². The van der Waals surface area contributed by atoms with E-state index in [2.05, 4.69) is 64.1 Å². The average molecular weight is 387 g/mol. The van der Waals surface area contributed by atoms with Gasteiger partial charge >= 0.3 is 0 Å². The molecule has 1 aromatic carbocycles. The molecule has 4 rings (SSSR count). The van der Waals surface area contributed by atoms with E-state index in [-0.39, 0.29) is 0 Å². The molecule has 1 aliphatic rings. The molecule has 1 fully saturated rings. The highest BCUT2D eigenvalue weighted by molar-refractivity contribution is 7.17. The lowest BCUT2D eigenvalue weighted by atomic mass is 9.99. The molecule has 3 aromatic rings. The van der Waals surface area contributed by atoms with Gasteiger partial charge in [0.2, 0.25) is 5.28 Å². The van der Waals surface area contributed by atoms with Crippen LogP contribution in [0.3, 0.4) is 0 Å². The van der Waals surface area contributed by atoms with Gasteiger partial charge in [0, 0.05) is 37.1 Å². The van der Waals surface area contributed by atoms with E-state index in [4.69, 9.17) is 11.6 Å². The molecule has 1 aliphatic heterocycles. The van der Waals surface area contributed by atoms with Crippen LogP contribution in [0.1, 0.15) is 18.1 Å². The summed E-state index contributed by atoms with van der Waals surface area (Å²) < 4.78 is 0. The van der Waals surface area contributed by atoms with Crippen molar-refractivity contribution in [2.45, 2.75) is 20.8 Å². The van der Waals surface area contributed by atoms with E-state index >= 15 is 0 Å². The van der Waals surface area contributed by atoms with E-state index in [9.17, 15) is 0 Å². The second kappa shape index (κ2) is 7.14. The summed E-state index contributed by atoms with van der Waals surface area (Å²) in [4.78, 5) is 14.9. The molecule has 2 aromatic heterocycles. The second-order valence-electron chi connectivity index (χ2n) is 6.89. The normalized spacial score (nSPS) is 15.8. The first-order chi connectivity index (χ1) is 12.6. The molecule has 26 heavy (non-hydrogen) atoms. The van der Waals surface area contributed by atoms with Gasteiger partial charge in [0.1, 0.15) is 10.6 Å². The minimum Gasteiger partial charge on any atom is -0.353 e. The number of anilines is 1. The fourth-order valence-electron chi connectivity index (χ4n) is 3.72. The zero-order chi connectivity index (χ0) is 18.3. The highest BCUT2D eigenvalue weighted by Crippen LogP contribution is 2.40. The number of likely N-dealkylation sites (N-methyl/N-ethyl adjacent to an activating group) is 1. The maximum absolute atomic E-state index is 6.25.